The molecule has 0 aliphatic heterocycles. The molecule has 1 heterocycles. The molecule has 3 aromatic carbocycles. The smallest absolute Gasteiger partial charge is 0.291 e. The minimum absolute atomic E-state index is 0.0904. The zero-order chi connectivity index (χ0) is 21.1. The number of nitrogens with one attached hydrogen (secondary N) is 1. The van der Waals surface area contributed by atoms with Crippen LogP contribution < -0.4 is 15.8 Å². The van der Waals surface area contributed by atoms with E-state index < -0.39 is 11.8 Å². The van der Waals surface area contributed by atoms with Crippen LogP contribution in [0.25, 0.3) is 10.8 Å². The first-order valence-corrected chi connectivity index (χ1v) is 9.48. The molecule has 0 bridgehead atoms. The Morgan fingerprint density at radius 3 is 2.57 bits per heavy atom. The highest BCUT2D eigenvalue weighted by Crippen LogP contribution is 2.25. The van der Waals surface area contributed by atoms with Crippen molar-refractivity contribution < 1.29 is 18.7 Å². The Hall–Kier alpha value is -3.77. The van der Waals surface area contributed by atoms with Gasteiger partial charge in [-0.2, -0.15) is 0 Å². The van der Waals surface area contributed by atoms with Gasteiger partial charge in [-0.1, -0.05) is 41.9 Å². The number of carbonyl (C=O) groups excluding carboxylic acids is 2. The van der Waals surface area contributed by atoms with E-state index in [1.54, 1.807) is 12.1 Å². The van der Waals surface area contributed by atoms with Crippen LogP contribution in [0.1, 0.15) is 26.7 Å². The zero-order valence-electron chi connectivity index (χ0n) is 15.7. The summed E-state index contributed by atoms with van der Waals surface area (Å²) in [5.41, 5.74) is 5.76. The van der Waals surface area contributed by atoms with Gasteiger partial charge in [0, 0.05) is 5.56 Å². The van der Waals surface area contributed by atoms with Gasteiger partial charge in [-0.3, -0.25) is 9.59 Å². The number of primary amides is 1. The predicted octanol–water partition coefficient (Wildman–Crippen LogP) is 5.02. The van der Waals surface area contributed by atoms with E-state index in [9.17, 15) is 9.59 Å². The summed E-state index contributed by atoms with van der Waals surface area (Å²) < 4.78 is 11.3. The first kappa shape index (κ1) is 19.5. The molecule has 30 heavy (non-hydrogen) atoms. The Labute approximate surface area is 177 Å². The van der Waals surface area contributed by atoms with E-state index in [0.717, 1.165) is 10.8 Å². The molecular formula is C23H17ClN2O4. The van der Waals surface area contributed by atoms with Crippen LogP contribution in [0.2, 0.25) is 5.02 Å². The number of halogens is 1. The number of nitrogens with two attached hydrogens (primary N) is 1. The summed E-state index contributed by atoms with van der Waals surface area (Å²) in [6.45, 7) is 0.170. The van der Waals surface area contributed by atoms with Gasteiger partial charge >= 0.3 is 0 Å². The minimum Gasteiger partial charge on any atom is -0.486 e. The largest absolute Gasteiger partial charge is 0.486 e. The fraction of sp³-hybridized carbons (Fsp3) is 0.0435. The maximum atomic E-state index is 12.5. The molecule has 150 valence electrons. The number of furan rings is 1. The number of anilines is 1. The van der Waals surface area contributed by atoms with Crippen LogP contribution in [0, 0.1) is 0 Å². The molecule has 4 aromatic rings. The second-order valence-electron chi connectivity index (χ2n) is 6.58. The second-order valence-corrected chi connectivity index (χ2v) is 6.98. The van der Waals surface area contributed by atoms with Crippen molar-refractivity contribution in [3.05, 3.63) is 94.9 Å². The summed E-state index contributed by atoms with van der Waals surface area (Å²) in [5, 5.41) is 5.09. The third-order valence-corrected chi connectivity index (χ3v) is 4.82. The number of hydrogen-bond acceptors (Lipinski definition) is 4. The molecule has 7 heteroatoms. The normalized spacial score (nSPS) is 10.7. The van der Waals surface area contributed by atoms with Crippen LogP contribution in [0.3, 0.4) is 0 Å². The van der Waals surface area contributed by atoms with Crippen molar-refractivity contribution in [2.75, 3.05) is 5.32 Å². The monoisotopic (exact) mass is 420 g/mol. The third kappa shape index (κ3) is 4.29. The average molecular weight is 421 g/mol. The van der Waals surface area contributed by atoms with E-state index in [4.69, 9.17) is 26.5 Å². The van der Waals surface area contributed by atoms with Gasteiger partial charge in [-0.05, 0) is 53.2 Å². The number of ether oxygens (including phenoxy) is 1. The standard InChI is InChI=1S/C23H17ClN2O4/c24-19-9-6-16(22(25)27)12-20(19)26-23(28)21-10-8-18(30-21)13-29-17-7-5-14-3-1-2-4-15(14)11-17/h1-12H,13H2,(H2,25,27)(H,26,28). The molecule has 0 aliphatic rings. The van der Waals surface area contributed by atoms with Gasteiger partial charge in [0.05, 0.1) is 10.7 Å². The van der Waals surface area contributed by atoms with Crippen molar-refractivity contribution in [1.82, 2.24) is 0 Å². The van der Waals surface area contributed by atoms with Gasteiger partial charge in [0.1, 0.15) is 18.1 Å². The molecule has 0 radical (unpaired) electrons. The summed E-state index contributed by atoms with van der Waals surface area (Å²) in [7, 11) is 0. The maximum absolute atomic E-state index is 12.5. The van der Waals surface area contributed by atoms with Crippen molar-refractivity contribution in [2.24, 2.45) is 5.73 Å². The van der Waals surface area contributed by atoms with Gasteiger partial charge in [-0.15, -0.1) is 0 Å². The number of hydrogen-bond donors (Lipinski definition) is 2. The van der Waals surface area contributed by atoms with Crippen molar-refractivity contribution in [3.63, 3.8) is 0 Å². The lowest BCUT2D eigenvalue weighted by Gasteiger charge is -2.07. The average Bonchev–Trinajstić information content (AvgIpc) is 3.23. The van der Waals surface area contributed by atoms with E-state index >= 15 is 0 Å². The van der Waals surface area contributed by atoms with Gasteiger partial charge in [-0.25, -0.2) is 0 Å². The Morgan fingerprint density at radius 2 is 1.77 bits per heavy atom. The van der Waals surface area contributed by atoms with Crippen molar-refractivity contribution in [1.29, 1.82) is 0 Å². The van der Waals surface area contributed by atoms with Crippen molar-refractivity contribution in [2.45, 2.75) is 6.61 Å². The molecule has 1 aromatic heterocycles. The Balaban J connectivity index is 1.42. The van der Waals surface area contributed by atoms with Gasteiger partial charge in [0.15, 0.2) is 5.76 Å². The minimum atomic E-state index is -0.617. The van der Waals surface area contributed by atoms with Crippen molar-refractivity contribution in [3.8, 4) is 5.75 Å². The molecule has 2 amide bonds. The molecule has 0 saturated heterocycles. The van der Waals surface area contributed by atoms with E-state index in [1.165, 1.54) is 18.2 Å². The molecule has 0 aliphatic carbocycles. The molecule has 0 saturated carbocycles. The second kappa shape index (κ2) is 8.31. The Bertz CT molecular complexity index is 1250. The summed E-state index contributed by atoms with van der Waals surface area (Å²) in [6.07, 6.45) is 0. The van der Waals surface area contributed by atoms with E-state index in [1.807, 2.05) is 42.5 Å². The SMILES string of the molecule is NC(=O)c1ccc(Cl)c(NC(=O)c2ccc(COc3ccc4ccccc4c3)o2)c1. The van der Waals surface area contributed by atoms with Gasteiger partial charge < -0.3 is 20.2 Å². The van der Waals surface area contributed by atoms with Crippen LogP contribution in [-0.2, 0) is 6.61 Å². The first-order valence-electron chi connectivity index (χ1n) is 9.10. The van der Waals surface area contributed by atoms with Gasteiger partial charge in [0.2, 0.25) is 5.91 Å². The summed E-state index contributed by atoms with van der Waals surface area (Å²) >= 11 is 6.08. The van der Waals surface area contributed by atoms with Crippen LogP contribution in [-0.4, -0.2) is 11.8 Å². The van der Waals surface area contributed by atoms with Gasteiger partial charge in [0.25, 0.3) is 5.91 Å². The van der Waals surface area contributed by atoms with Crippen LogP contribution in [0.5, 0.6) is 5.75 Å². The topological polar surface area (TPSA) is 94.6 Å². The molecule has 3 N–H and O–H groups in total. The van der Waals surface area contributed by atoms with Crippen LogP contribution >= 0.6 is 11.6 Å². The maximum Gasteiger partial charge on any atom is 0.291 e. The van der Waals surface area contributed by atoms with E-state index in [-0.39, 0.29) is 28.6 Å². The number of amides is 2. The first-order chi connectivity index (χ1) is 14.5. The fourth-order valence-electron chi connectivity index (χ4n) is 2.95. The van der Waals surface area contributed by atoms with Crippen LogP contribution in [0.15, 0.2) is 77.2 Å². The lowest BCUT2D eigenvalue weighted by Crippen LogP contribution is -2.14. The van der Waals surface area contributed by atoms with E-state index in [0.29, 0.717) is 11.5 Å². The number of benzene rings is 3. The summed E-state index contributed by atoms with van der Waals surface area (Å²) in [4.78, 5) is 23.8. The third-order valence-electron chi connectivity index (χ3n) is 4.49. The number of fused-ring (bicyclic) bond motifs is 1. The zero-order valence-corrected chi connectivity index (χ0v) is 16.5. The highest BCUT2D eigenvalue weighted by molar-refractivity contribution is 6.34. The molecule has 0 fully saturated rings. The lowest BCUT2D eigenvalue weighted by atomic mass is 10.1. The highest BCUT2D eigenvalue weighted by atomic mass is 35.5. The molecule has 0 spiro atoms. The summed E-state index contributed by atoms with van der Waals surface area (Å²) in [5.74, 6) is 0.160. The quantitative estimate of drug-likeness (QED) is 0.458. The number of rotatable bonds is 6. The Kier molecular flexibility index (Phi) is 5.41. The predicted molar refractivity (Wildman–Crippen MR) is 115 cm³/mol. The highest BCUT2D eigenvalue weighted by Gasteiger charge is 2.15. The molecule has 6 nitrogen and oxygen atoms in total. The van der Waals surface area contributed by atoms with Crippen LogP contribution in [0.4, 0.5) is 5.69 Å². The lowest BCUT2D eigenvalue weighted by molar-refractivity contribution is 0.0985. The molecule has 0 atom stereocenters. The number of carbonyl (C=O) groups is 2. The summed E-state index contributed by atoms with van der Waals surface area (Å²) in [6, 6.07) is 21.4. The van der Waals surface area contributed by atoms with E-state index in [2.05, 4.69) is 5.32 Å². The molecular weight excluding hydrogens is 404 g/mol. The fourth-order valence-corrected chi connectivity index (χ4v) is 3.11. The Morgan fingerprint density at radius 1 is 0.967 bits per heavy atom. The molecule has 0 unspecified atom stereocenters. The molecule has 4 rings (SSSR count). The van der Waals surface area contributed by atoms with Crippen molar-refractivity contribution >= 4 is 39.9 Å².